The topological polar surface area (TPSA) is 49.5 Å². The molecule has 3 N–H and O–H groups in total. The number of rotatable bonds is 8. The maximum Gasteiger partial charge on any atom is 0.0558 e. The highest BCUT2D eigenvalue weighted by atomic mass is 16.3. The van der Waals surface area contributed by atoms with Crippen LogP contribution in [0, 0.1) is 0 Å². The maximum absolute atomic E-state index is 8.83. The summed E-state index contributed by atoms with van der Waals surface area (Å²) in [5, 5.41) is 8.83. The molecule has 0 aromatic rings. The minimum absolute atomic E-state index is 0.259. The Labute approximate surface area is 81.9 Å². The number of hydrogen-bond donors (Lipinski definition) is 2. The molecule has 0 aliphatic carbocycles. The number of nitrogens with zero attached hydrogens (tertiary/aromatic N) is 1. The number of aliphatic hydroxyl groups is 1. The molecule has 0 aliphatic heterocycles. The van der Waals surface area contributed by atoms with Gasteiger partial charge in [0.25, 0.3) is 0 Å². The van der Waals surface area contributed by atoms with Gasteiger partial charge < -0.3 is 10.8 Å². The van der Waals surface area contributed by atoms with E-state index in [4.69, 9.17) is 10.8 Å². The Morgan fingerprint density at radius 3 is 2.31 bits per heavy atom. The van der Waals surface area contributed by atoms with Crippen LogP contribution in [0.5, 0.6) is 0 Å². The fraction of sp³-hybridized carbons (Fsp3) is 1.00. The average molecular weight is 188 g/mol. The van der Waals surface area contributed by atoms with Crippen molar-refractivity contribution in [1.82, 2.24) is 4.90 Å². The molecule has 0 saturated heterocycles. The van der Waals surface area contributed by atoms with Gasteiger partial charge >= 0.3 is 0 Å². The number of aliphatic hydroxyl groups excluding tert-OH is 1. The van der Waals surface area contributed by atoms with E-state index in [0.29, 0.717) is 6.04 Å². The highest BCUT2D eigenvalue weighted by Crippen LogP contribution is 2.02. The molecule has 0 aliphatic rings. The van der Waals surface area contributed by atoms with Gasteiger partial charge in [-0.05, 0) is 39.8 Å². The van der Waals surface area contributed by atoms with Crippen LogP contribution in [-0.4, -0.2) is 42.3 Å². The lowest BCUT2D eigenvalue weighted by atomic mass is 10.2. The lowest BCUT2D eigenvalue weighted by Gasteiger charge is -2.25. The minimum Gasteiger partial charge on any atom is -0.395 e. The molecule has 0 atom stereocenters. The molecular weight excluding hydrogens is 164 g/mol. The van der Waals surface area contributed by atoms with Crippen molar-refractivity contribution in [3.8, 4) is 0 Å². The second kappa shape index (κ2) is 8.48. The third kappa shape index (κ3) is 6.99. The van der Waals surface area contributed by atoms with E-state index in [1.807, 2.05) is 0 Å². The largest absolute Gasteiger partial charge is 0.395 e. The zero-order valence-electron chi connectivity index (χ0n) is 9.00. The first-order chi connectivity index (χ1) is 6.22. The summed E-state index contributed by atoms with van der Waals surface area (Å²) in [6.07, 6.45) is 3.51. The average Bonchev–Trinajstić information content (AvgIpc) is 2.10. The number of unbranched alkanes of at least 4 members (excludes halogenated alkanes) is 2. The van der Waals surface area contributed by atoms with Crippen LogP contribution in [0.25, 0.3) is 0 Å². The molecule has 0 aromatic carbocycles. The highest BCUT2D eigenvalue weighted by molar-refractivity contribution is 4.62. The van der Waals surface area contributed by atoms with Crippen LogP contribution in [0.15, 0.2) is 0 Å². The predicted molar refractivity (Wildman–Crippen MR) is 56.7 cm³/mol. The van der Waals surface area contributed by atoms with Gasteiger partial charge in [-0.1, -0.05) is 6.42 Å². The summed E-state index contributed by atoms with van der Waals surface area (Å²) in [6.45, 7) is 7.26. The molecular formula is C10H24N2O. The Morgan fingerprint density at radius 2 is 1.85 bits per heavy atom. The van der Waals surface area contributed by atoms with Crippen LogP contribution in [0.4, 0.5) is 0 Å². The smallest absolute Gasteiger partial charge is 0.0558 e. The third-order valence-corrected chi connectivity index (χ3v) is 2.27. The molecule has 0 rings (SSSR count). The molecule has 0 bridgehead atoms. The molecule has 0 spiro atoms. The van der Waals surface area contributed by atoms with Crippen LogP contribution < -0.4 is 5.73 Å². The first-order valence-electron chi connectivity index (χ1n) is 5.27. The van der Waals surface area contributed by atoms with Crippen molar-refractivity contribution >= 4 is 0 Å². The lowest BCUT2D eigenvalue weighted by Crippen LogP contribution is -2.34. The van der Waals surface area contributed by atoms with Crippen molar-refractivity contribution in [2.24, 2.45) is 5.73 Å². The van der Waals surface area contributed by atoms with Gasteiger partial charge in [0, 0.05) is 12.6 Å². The van der Waals surface area contributed by atoms with E-state index in [9.17, 15) is 0 Å². The van der Waals surface area contributed by atoms with E-state index >= 15 is 0 Å². The quantitative estimate of drug-likeness (QED) is 0.554. The van der Waals surface area contributed by atoms with Crippen molar-refractivity contribution in [3.63, 3.8) is 0 Å². The fourth-order valence-electron chi connectivity index (χ4n) is 1.39. The molecule has 0 unspecified atom stereocenters. The summed E-state index contributed by atoms with van der Waals surface area (Å²) < 4.78 is 0. The van der Waals surface area contributed by atoms with Crippen LogP contribution in [0.2, 0.25) is 0 Å². The zero-order valence-corrected chi connectivity index (χ0v) is 9.00. The van der Waals surface area contributed by atoms with Crippen molar-refractivity contribution in [1.29, 1.82) is 0 Å². The minimum atomic E-state index is 0.259. The Kier molecular flexibility index (Phi) is 8.40. The second-order valence-corrected chi connectivity index (χ2v) is 3.70. The van der Waals surface area contributed by atoms with Crippen molar-refractivity contribution in [2.45, 2.75) is 39.2 Å². The third-order valence-electron chi connectivity index (χ3n) is 2.27. The first kappa shape index (κ1) is 12.9. The van der Waals surface area contributed by atoms with Gasteiger partial charge in [-0.25, -0.2) is 0 Å². The molecule has 0 fully saturated rings. The molecule has 0 saturated carbocycles. The van der Waals surface area contributed by atoms with Gasteiger partial charge in [0.1, 0.15) is 0 Å². The van der Waals surface area contributed by atoms with Crippen LogP contribution in [0.1, 0.15) is 33.1 Å². The Morgan fingerprint density at radius 1 is 1.15 bits per heavy atom. The van der Waals surface area contributed by atoms with E-state index in [-0.39, 0.29) is 6.61 Å². The highest BCUT2D eigenvalue weighted by Gasteiger charge is 2.06. The van der Waals surface area contributed by atoms with Gasteiger partial charge in [0.2, 0.25) is 0 Å². The molecule has 0 aromatic heterocycles. The summed E-state index contributed by atoms with van der Waals surface area (Å²) in [6, 6.07) is 0.532. The normalized spacial score (nSPS) is 11.5. The lowest BCUT2D eigenvalue weighted by molar-refractivity contribution is 0.163. The Balaban J connectivity index is 3.45. The van der Waals surface area contributed by atoms with Gasteiger partial charge in [0.05, 0.1) is 6.61 Å². The fourth-order valence-corrected chi connectivity index (χ4v) is 1.39. The SMILES string of the molecule is CC(C)N(CCO)CCCCCN. The van der Waals surface area contributed by atoms with Crippen LogP contribution in [-0.2, 0) is 0 Å². The maximum atomic E-state index is 8.83. The van der Waals surface area contributed by atoms with Crippen molar-refractivity contribution in [2.75, 3.05) is 26.2 Å². The van der Waals surface area contributed by atoms with Crippen LogP contribution >= 0.6 is 0 Å². The summed E-state index contributed by atoms with van der Waals surface area (Å²) in [5.74, 6) is 0. The molecule has 13 heavy (non-hydrogen) atoms. The van der Waals surface area contributed by atoms with Gasteiger partial charge in [-0.3, -0.25) is 4.90 Å². The molecule has 0 amide bonds. The summed E-state index contributed by atoms with van der Waals surface area (Å²) in [5.41, 5.74) is 5.41. The number of nitrogens with two attached hydrogens (primary N) is 1. The van der Waals surface area contributed by atoms with Gasteiger partial charge in [-0.15, -0.1) is 0 Å². The summed E-state index contributed by atoms with van der Waals surface area (Å²) >= 11 is 0. The predicted octanol–water partition coefficient (Wildman–Crippen LogP) is 0.818. The van der Waals surface area contributed by atoms with Gasteiger partial charge in [-0.2, -0.15) is 0 Å². The van der Waals surface area contributed by atoms with E-state index < -0.39 is 0 Å². The Bertz CT molecular complexity index is 107. The van der Waals surface area contributed by atoms with Crippen LogP contribution in [0.3, 0.4) is 0 Å². The Hall–Kier alpha value is -0.120. The first-order valence-corrected chi connectivity index (χ1v) is 5.27. The molecule has 0 radical (unpaired) electrons. The van der Waals surface area contributed by atoms with Crippen molar-refractivity contribution < 1.29 is 5.11 Å². The molecule has 0 heterocycles. The van der Waals surface area contributed by atoms with E-state index in [0.717, 1.165) is 26.1 Å². The molecule has 3 heteroatoms. The molecule has 80 valence electrons. The number of hydrogen-bond acceptors (Lipinski definition) is 3. The van der Waals surface area contributed by atoms with Crippen molar-refractivity contribution in [3.05, 3.63) is 0 Å². The monoisotopic (exact) mass is 188 g/mol. The van der Waals surface area contributed by atoms with E-state index in [1.54, 1.807) is 0 Å². The van der Waals surface area contributed by atoms with Gasteiger partial charge in [0.15, 0.2) is 0 Å². The van der Waals surface area contributed by atoms with E-state index in [1.165, 1.54) is 12.8 Å². The second-order valence-electron chi connectivity index (χ2n) is 3.70. The standard InChI is InChI=1S/C10H24N2O/c1-10(2)12(8-9-13)7-5-3-4-6-11/h10,13H,3-9,11H2,1-2H3. The summed E-state index contributed by atoms with van der Waals surface area (Å²) in [4.78, 5) is 2.30. The zero-order chi connectivity index (χ0) is 10.1. The summed E-state index contributed by atoms with van der Waals surface area (Å²) in [7, 11) is 0. The van der Waals surface area contributed by atoms with E-state index in [2.05, 4.69) is 18.7 Å². The molecule has 3 nitrogen and oxygen atoms in total.